The maximum absolute atomic E-state index is 13.1. The van der Waals surface area contributed by atoms with E-state index in [0.29, 0.717) is 24.1 Å². The summed E-state index contributed by atoms with van der Waals surface area (Å²) in [6.45, 7) is 0.645. The van der Waals surface area contributed by atoms with Crippen LogP contribution in [-0.2, 0) is 4.79 Å². The summed E-state index contributed by atoms with van der Waals surface area (Å²) in [5.74, 6) is -1.18. The van der Waals surface area contributed by atoms with Crippen molar-refractivity contribution in [2.75, 3.05) is 6.54 Å². The number of benzene rings is 2. The molecule has 1 aliphatic heterocycles. The van der Waals surface area contributed by atoms with E-state index in [1.807, 2.05) is 0 Å². The van der Waals surface area contributed by atoms with Crippen LogP contribution in [0.1, 0.15) is 16.8 Å². The quantitative estimate of drug-likeness (QED) is 0.831. The van der Waals surface area contributed by atoms with Gasteiger partial charge in [0.25, 0.3) is 0 Å². The fourth-order valence-electron chi connectivity index (χ4n) is 2.68. The third-order valence-corrected chi connectivity index (χ3v) is 4.12. The molecule has 2 aromatic carbocycles. The van der Waals surface area contributed by atoms with Crippen LogP contribution >= 0.6 is 0 Å². The van der Waals surface area contributed by atoms with Crippen molar-refractivity contribution in [1.82, 2.24) is 5.32 Å². The number of primary amides is 1. The van der Waals surface area contributed by atoms with Crippen molar-refractivity contribution < 1.29 is 14.0 Å². The third-order valence-electron chi connectivity index (χ3n) is 4.12. The molecule has 2 aromatic rings. The van der Waals surface area contributed by atoms with Gasteiger partial charge in [-0.25, -0.2) is 4.39 Å². The van der Waals surface area contributed by atoms with Gasteiger partial charge in [0.05, 0.1) is 6.42 Å². The summed E-state index contributed by atoms with van der Waals surface area (Å²) in [6, 6.07) is 13.0. The Kier molecular flexibility index (Phi) is 3.96. The van der Waals surface area contributed by atoms with Gasteiger partial charge in [0.1, 0.15) is 11.4 Å². The number of halogens is 1. The lowest BCUT2D eigenvalue weighted by molar-refractivity contribution is -0.125. The molecule has 0 aliphatic carbocycles. The summed E-state index contributed by atoms with van der Waals surface area (Å²) < 4.78 is 13.1. The number of nitrogens with two attached hydrogens (primary N) is 1. The second-order valence-electron chi connectivity index (χ2n) is 5.57. The van der Waals surface area contributed by atoms with Crippen molar-refractivity contribution in [1.29, 1.82) is 0 Å². The predicted octanol–water partition coefficient (Wildman–Crippen LogP) is 2.10. The lowest BCUT2D eigenvalue weighted by Crippen LogP contribution is -2.65. The molecule has 3 N–H and O–H groups in total. The first-order valence-corrected chi connectivity index (χ1v) is 7.32. The standard InChI is InChI=1S/C18H16FN2O2/c19-13-7-5-12(6-8-13)14-3-1-2-4-15(14)16(22)11-18(17(20)23)9-10-21-18/h1-8,11,21H,9-10H2,(H2,20,23). The summed E-state index contributed by atoms with van der Waals surface area (Å²) in [7, 11) is 0. The van der Waals surface area contributed by atoms with Gasteiger partial charge < -0.3 is 11.1 Å². The zero-order valence-corrected chi connectivity index (χ0v) is 12.4. The van der Waals surface area contributed by atoms with Gasteiger partial charge in [-0.1, -0.05) is 36.4 Å². The Morgan fingerprint density at radius 1 is 1.13 bits per heavy atom. The Labute approximate surface area is 133 Å². The van der Waals surface area contributed by atoms with E-state index in [2.05, 4.69) is 5.32 Å². The summed E-state index contributed by atoms with van der Waals surface area (Å²) in [5, 5.41) is 2.93. The second-order valence-corrected chi connectivity index (χ2v) is 5.57. The van der Waals surface area contributed by atoms with Gasteiger partial charge >= 0.3 is 0 Å². The Balaban J connectivity index is 1.92. The first-order valence-electron chi connectivity index (χ1n) is 7.32. The average Bonchev–Trinajstić information content (AvgIpc) is 2.51. The summed E-state index contributed by atoms with van der Waals surface area (Å²) in [6.07, 6.45) is 1.86. The van der Waals surface area contributed by atoms with Crippen LogP contribution in [0.5, 0.6) is 0 Å². The molecule has 0 spiro atoms. The fraction of sp³-hybridized carbons (Fsp3) is 0.167. The summed E-state index contributed by atoms with van der Waals surface area (Å²) in [4.78, 5) is 24.2. The van der Waals surface area contributed by atoms with Gasteiger partial charge in [0, 0.05) is 5.56 Å². The van der Waals surface area contributed by atoms with E-state index in [0.717, 1.165) is 5.56 Å². The molecule has 0 saturated carbocycles. The molecule has 5 heteroatoms. The number of carbonyl (C=O) groups is 2. The maximum Gasteiger partial charge on any atom is 0.238 e. The lowest BCUT2D eigenvalue weighted by Gasteiger charge is -2.39. The van der Waals surface area contributed by atoms with E-state index in [9.17, 15) is 14.0 Å². The molecule has 117 valence electrons. The highest BCUT2D eigenvalue weighted by molar-refractivity contribution is 6.11. The van der Waals surface area contributed by atoms with Crippen LogP contribution in [0.2, 0.25) is 0 Å². The van der Waals surface area contributed by atoms with E-state index in [1.165, 1.54) is 18.6 Å². The van der Waals surface area contributed by atoms with Crippen LogP contribution in [-0.4, -0.2) is 23.8 Å². The molecule has 23 heavy (non-hydrogen) atoms. The topological polar surface area (TPSA) is 72.2 Å². The molecule has 1 amide bonds. The van der Waals surface area contributed by atoms with Crippen molar-refractivity contribution in [3.8, 4) is 11.1 Å². The Morgan fingerprint density at radius 2 is 1.78 bits per heavy atom. The van der Waals surface area contributed by atoms with Crippen molar-refractivity contribution in [3.63, 3.8) is 0 Å². The number of carbonyl (C=O) groups excluding carboxylic acids is 2. The highest BCUT2D eigenvalue weighted by Crippen LogP contribution is 2.29. The Morgan fingerprint density at radius 3 is 2.35 bits per heavy atom. The van der Waals surface area contributed by atoms with Crippen molar-refractivity contribution in [3.05, 3.63) is 66.3 Å². The minimum absolute atomic E-state index is 0.282. The number of ketones is 1. The molecule has 0 aromatic heterocycles. The van der Waals surface area contributed by atoms with Gasteiger partial charge in [0.2, 0.25) is 5.91 Å². The zero-order valence-electron chi connectivity index (χ0n) is 12.4. The first-order chi connectivity index (χ1) is 11.0. The number of Topliss-reactive ketones (excluding diaryl/α,β-unsaturated/α-hetero) is 1. The fourth-order valence-corrected chi connectivity index (χ4v) is 2.68. The molecule has 0 bridgehead atoms. The number of nitrogens with one attached hydrogen (secondary N) is 1. The normalized spacial score (nSPS) is 19.9. The van der Waals surface area contributed by atoms with E-state index < -0.39 is 11.4 Å². The van der Waals surface area contributed by atoms with Crippen LogP contribution in [0, 0.1) is 12.2 Å². The van der Waals surface area contributed by atoms with Crippen molar-refractivity contribution in [2.45, 2.75) is 12.0 Å². The third kappa shape index (κ3) is 2.87. The second kappa shape index (κ2) is 5.93. The minimum atomic E-state index is -1.06. The zero-order chi connectivity index (χ0) is 16.4. The number of rotatable bonds is 5. The number of hydrogen-bond donors (Lipinski definition) is 2. The van der Waals surface area contributed by atoms with Gasteiger partial charge in [0.15, 0.2) is 5.78 Å². The molecule has 3 rings (SSSR count). The molecule has 1 atom stereocenters. The molecule has 1 unspecified atom stereocenters. The van der Waals surface area contributed by atoms with Crippen LogP contribution in [0.15, 0.2) is 48.5 Å². The molecule has 1 aliphatic rings. The van der Waals surface area contributed by atoms with E-state index in [4.69, 9.17) is 5.73 Å². The minimum Gasteiger partial charge on any atom is -0.368 e. The average molecular weight is 311 g/mol. The molecule has 1 fully saturated rings. The molecular formula is C18H16FN2O2. The van der Waals surface area contributed by atoms with Crippen molar-refractivity contribution >= 4 is 11.7 Å². The largest absolute Gasteiger partial charge is 0.368 e. The van der Waals surface area contributed by atoms with E-state index >= 15 is 0 Å². The first kappa shape index (κ1) is 15.4. The van der Waals surface area contributed by atoms with Gasteiger partial charge in [-0.3, -0.25) is 9.59 Å². The van der Waals surface area contributed by atoms with Gasteiger partial charge in [-0.05, 0) is 36.2 Å². The number of hydrogen-bond acceptors (Lipinski definition) is 3. The van der Waals surface area contributed by atoms with Crippen LogP contribution < -0.4 is 11.1 Å². The van der Waals surface area contributed by atoms with E-state index in [-0.39, 0.29) is 11.6 Å². The molecule has 1 heterocycles. The summed E-state index contributed by atoms with van der Waals surface area (Å²) >= 11 is 0. The molecule has 1 saturated heterocycles. The monoisotopic (exact) mass is 311 g/mol. The highest BCUT2D eigenvalue weighted by Gasteiger charge is 2.44. The van der Waals surface area contributed by atoms with Crippen molar-refractivity contribution in [2.24, 2.45) is 5.73 Å². The van der Waals surface area contributed by atoms with E-state index in [1.54, 1.807) is 36.4 Å². The molecule has 4 nitrogen and oxygen atoms in total. The Hall–Kier alpha value is -2.53. The SMILES string of the molecule is NC(=O)C1([CH]C(=O)c2ccccc2-c2ccc(F)cc2)CCN1. The Bertz CT molecular complexity index is 752. The smallest absolute Gasteiger partial charge is 0.238 e. The van der Waals surface area contributed by atoms with Crippen LogP contribution in [0.4, 0.5) is 4.39 Å². The highest BCUT2D eigenvalue weighted by atomic mass is 19.1. The molecule has 1 radical (unpaired) electrons. The predicted molar refractivity (Wildman–Crippen MR) is 85.0 cm³/mol. The molecular weight excluding hydrogens is 295 g/mol. The van der Waals surface area contributed by atoms with Crippen LogP contribution in [0.3, 0.4) is 0 Å². The maximum atomic E-state index is 13.1. The summed E-state index contributed by atoms with van der Waals surface area (Å²) in [5.41, 5.74) is 6.21. The van der Waals surface area contributed by atoms with Gasteiger partial charge in [-0.15, -0.1) is 0 Å². The van der Waals surface area contributed by atoms with Gasteiger partial charge in [-0.2, -0.15) is 0 Å². The van der Waals surface area contributed by atoms with Crippen LogP contribution in [0.25, 0.3) is 11.1 Å². The lowest BCUT2D eigenvalue weighted by atomic mass is 9.80. The number of amides is 1.